The number of para-hydroxylation sites is 1. The molecule has 0 spiro atoms. The van der Waals surface area contributed by atoms with Gasteiger partial charge in [0.2, 0.25) is 5.91 Å². The van der Waals surface area contributed by atoms with Gasteiger partial charge in [-0.05, 0) is 18.9 Å². The zero-order valence-electron chi connectivity index (χ0n) is 7.42. The molecular weight excluding hydrogens is 162 g/mol. The van der Waals surface area contributed by atoms with Crippen LogP contribution in [0, 0.1) is 12.0 Å². The van der Waals surface area contributed by atoms with Gasteiger partial charge in [-0.25, -0.2) is 0 Å². The fourth-order valence-electron chi connectivity index (χ4n) is 1.38. The molecule has 1 amide bonds. The van der Waals surface area contributed by atoms with Crippen molar-refractivity contribution in [3.63, 3.8) is 0 Å². The first kappa shape index (κ1) is 8.30. The van der Waals surface area contributed by atoms with E-state index in [1.54, 1.807) is 6.07 Å². The Bertz CT molecular complexity index is 290. The molecule has 0 bridgehead atoms. The topological polar surface area (TPSA) is 29.1 Å². The molecule has 1 radical (unpaired) electrons. The molecule has 2 heteroatoms. The SMILES string of the molecule is O=C(Nc1[c]cccc1)C1CCC1. The van der Waals surface area contributed by atoms with Crippen LogP contribution in [0.5, 0.6) is 0 Å². The average Bonchev–Trinajstić information content (AvgIpc) is 2.02. The summed E-state index contributed by atoms with van der Waals surface area (Å²) in [7, 11) is 0. The highest BCUT2D eigenvalue weighted by Crippen LogP contribution is 2.27. The Morgan fingerprint density at radius 1 is 1.46 bits per heavy atom. The number of carbonyl (C=O) groups excluding carboxylic acids is 1. The lowest BCUT2D eigenvalue weighted by Gasteiger charge is -2.23. The van der Waals surface area contributed by atoms with Gasteiger partial charge in [-0.15, -0.1) is 0 Å². The van der Waals surface area contributed by atoms with Crippen molar-refractivity contribution >= 4 is 11.6 Å². The largest absolute Gasteiger partial charge is 0.325 e. The molecule has 0 heterocycles. The molecule has 0 aliphatic heterocycles. The van der Waals surface area contributed by atoms with Gasteiger partial charge in [-0.1, -0.05) is 24.6 Å². The van der Waals surface area contributed by atoms with Gasteiger partial charge < -0.3 is 5.32 Å². The lowest BCUT2D eigenvalue weighted by molar-refractivity contribution is -0.122. The minimum Gasteiger partial charge on any atom is -0.325 e. The second kappa shape index (κ2) is 3.60. The van der Waals surface area contributed by atoms with Gasteiger partial charge in [0, 0.05) is 17.7 Å². The number of carbonyl (C=O) groups is 1. The molecule has 2 rings (SSSR count). The van der Waals surface area contributed by atoms with Crippen LogP contribution in [-0.4, -0.2) is 5.91 Å². The van der Waals surface area contributed by atoms with Crippen LogP contribution < -0.4 is 5.32 Å². The van der Waals surface area contributed by atoms with Gasteiger partial charge in [0.15, 0.2) is 0 Å². The Balaban J connectivity index is 1.94. The summed E-state index contributed by atoms with van der Waals surface area (Å²) in [5.74, 6) is 0.391. The van der Waals surface area contributed by atoms with Crippen LogP contribution in [0.2, 0.25) is 0 Å². The summed E-state index contributed by atoms with van der Waals surface area (Å²) >= 11 is 0. The first-order chi connectivity index (χ1) is 6.36. The van der Waals surface area contributed by atoms with E-state index in [-0.39, 0.29) is 11.8 Å². The molecule has 1 N–H and O–H groups in total. The van der Waals surface area contributed by atoms with Gasteiger partial charge in [0.05, 0.1) is 0 Å². The van der Waals surface area contributed by atoms with E-state index >= 15 is 0 Å². The first-order valence-corrected chi connectivity index (χ1v) is 4.64. The Labute approximate surface area is 78.0 Å². The van der Waals surface area contributed by atoms with E-state index in [1.807, 2.05) is 18.2 Å². The van der Waals surface area contributed by atoms with Crippen molar-refractivity contribution in [2.45, 2.75) is 19.3 Å². The zero-order valence-corrected chi connectivity index (χ0v) is 7.42. The van der Waals surface area contributed by atoms with Gasteiger partial charge >= 0.3 is 0 Å². The molecule has 2 nitrogen and oxygen atoms in total. The van der Waals surface area contributed by atoms with E-state index in [0.717, 1.165) is 18.5 Å². The van der Waals surface area contributed by atoms with Crippen LogP contribution in [0.25, 0.3) is 0 Å². The number of amides is 1. The maximum atomic E-state index is 11.5. The monoisotopic (exact) mass is 174 g/mol. The summed E-state index contributed by atoms with van der Waals surface area (Å²) in [6.45, 7) is 0. The third kappa shape index (κ3) is 1.89. The van der Waals surface area contributed by atoms with Crippen LogP contribution >= 0.6 is 0 Å². The quantitative estimate of drug-likeness (QED) is 0.731. The summed E-state index contributed by atoms with van der Waals surface area (Å²) in [6, 6.07) is 10.4. The summed E-state index contributed by atoms with van der Waals surface area (Å²) < 4.78 is 0. The maximum Gasteiger partial charge on any atom is 0.227 e. The molecule has 0 aromatic heterocycles. The standard InChI is InChI=1S/C11H12NO/c13-11(9-5-4-6-9)12-10-7-2-1-3-8-10/h1-3,7,9H,4-6H2,(H,12,13). The summed E-state index contributed by atoms with van der Waals surface area (Å²) in [6.07, 6.45) is 3.27. The number of nitrogens with one attached hydrogen (secondary N) is 1. The molecule has 1 aromatic rings. The number of hydrogen-bond donors (Lipinski definition) is 1. The van der Waals surface area contributed by atoms with E-state index in [0.29, 0.717) is 0 Å². The van der Waals surface area contributed by atoms with E-state index in [2.05, 4.69) is 11.4 Å². The van der Waals surface area contributed by atoms with Crippen molar-refractivity contribution in [1.29, 1.82) is 0 Å². The van der Waals surface area contributed by atoms with Crippen LogP contribution in [0.15, 0.2) is 24.3 Å². The van der Waals surface area contributed by atoms with Crippen LogP contribution in [0.4, 0.5) is 5.69 Å². The third-order valence-corrected chi connectivity index (χ3v) is 2.44. The number of hydrogen-bond acceptors (Lipinski definition) is 1. The fraction of sp³-hybridized carbons (Fsp3) is 0.364. The lowest BCUT2D eigenvalue weighted by atomic mass is 9.85. The summed E-state index contributed by atoms with van der Waals surface area (Å²) in [5, 5.41) is 2.85. The molecule has 0 unspecified atom stereocenters. The Hall–Kier alpha value is -1.31. The summed E-state index contributed by atoms with van der Waals surface area (Å²) in [4.78, 5) is 11.5. The Morgan fingerprint density at radius 3 is 2.85 bits per heavy atom. The van der Waals surface area contributed by atoms with Crippen molar-refractivity contribution in [2.75, 3.05) is 5.32 Å². The van der Waals surface area contributed by atoms with Gasteiger partial charge in [-0.2, -0.15) is 0 Å². The second-order valence-electron chi connectivity index (χ2n) is 3.39. The van der Waals surface area contributed by atoms with Crippen molar-refractivity contribution in [2.24, 2.45) is 5.92 Å². The van der Waals surface area contributed by atoms with Crippen LogP contribution in [-0.2, 0) is 4.79 Å². The van der Waals surface area contributed by atoms with Gasteiger partial charge in [0.25, 0.3) is 0 Å². The highest BCUT2D eigenvalue weighted by atomic mass is 16.1. The molecule has 1 aliphatic rings. The zero-order chi connectivity index (χ0) is 9.10. The average molecular weight is 174 g/mol. The molecular formula is C11H12NO. The third-order valence-electron chi connectivity index (χ3n) is 2.44. The van der Waals surface area contributed by atoms with Crippen molar-refractivity contribution in [1.82, 2.24) is 0 Å². The van der Waals surface area contributed by atoms with Crippen LogP contribution in [0.1, 0.15) is 19.3 Å². The summed E-state index contributed by atoms with van der Waals surface area (Å²) in [5.41, 5.74) is 0.777. The van der Waals surface area contributed by atoms with Crippen molar-refractivity contribution in [3.05, 3.63) is 30.3 Å². The van der Waals surface area contributed by atoms with Gasteiger partial charge in [0.1, 0.15) is 0 Å². The highest BCUT2D eigenvalue weighted by Gasteiger charge is 2.24. The Morgan fingerprint density at radius 2 is 2.31 bits per heavy atom. The maximum absolute atomic E-state index is 11.5. The number of benzene rings is 1. The molecule has 1 aliphatic carbocycles. The normalized spacial score (nSPS) is 16.3. The minimum atomic E-state index is 0.147. The van der Waals surface area contributed by atoms with Crippen molar-refractivity contribution < 1.29 is 4.79 Å². The molecule has 1 fully saturated rings. The molecule has 0 atom stereocenters. The predicted octanol–water partition coefficient (Wildman–Crippen LogP) is 2.23. The number of anilines is 1. The van der Waals surface area contributed by atoms with E-state index < -0.39 is 0 Å². The molecule has 67 valence electrons. The number of rotatable bonds is 2. The molecule has 1 saturated carbocycles. The predicted molar refractivity (Wildman–Crippen MR) is 51.2 cm³/mol. The highest BCUT2D eigenvalue weighted by molar-refractivity contribution is 5.92. The molecule has 13 heavy (non-hydrogen) atoms. The smallest absolute Gasteiger partial charge is 0.227 e. The second-order valence-corrected chi connectivity index (χ2v) is 3.39. The molecule has 1 aromatic carbocycles. The van der Waals surface area contributed by atoms with Crippen molar-refractivity contribution in [3.8, 4) is 0 Å². The molecule has 0 saturated heterocycles. The van der Waals surface area contributed by atoms with E-state index in [1.165, 1.54) is 6.42 Å². The Kier molecular flexibility index (Phi) is 2.30. The first-order valence-electron chi connectivity index (χ1n) is 4.64. The van der Waals surface area contributed by atoms with Gasteiger partial charge in [-0.3, -0.25) is 4.79 Å². The van der Waals surface area contributed by atoms with Crippen LogP contribution in [0.3, 0.4) is 0 Å². The minimum absolute atomic E-state index is 0.147. The fourth-order valence-corrected chi connectivity index (χ4v) is 1.38. The van der Waals surface area contributed by atoms with E-state index in [4.69, 9.17) is 0 Å². The lowest BCUT2D eigenvalue weighted by Crippen LogP contribution is -2.27. The van der Waals surface area contributed by atoms with E-state index in [9.17, 15) is 4.79 Å².